The number of fused-ring (bicyclic) bond motifs is 1. The lowest BCUT2D eigenvalue weighted by atomic mass is 10.1. The van der Waals surface area contributed by atoms with E-state index in [9.17, 15) is 4.79 Å². The van der Waals surface area contributed by atoms with Crippen molar-refractivity contribution >= 4 is 5.91 Å². The zero-order valence-electron chi connectivity index (χ0n) is 8.36. The number of rotatable bonds is 2. The molecule has 1 aromatic rings. The molecule has 1 amide bonds. The molecule has 1 aromatic carbocycles. The predicted octanol–water partition coefficient (Wildman–Crippen LogP) is 1.70. The maximum absolute atomic E-state index is 11.3. The molecule has 0 bridgehead atoms. The van der Waals surface area contributed by atoms with Gasteiger partial charge in [-0.3, -0.25) is 4.79 Å². The van der Waals surface area contributed by atoms with Gasteiger partial charge in [-0.25, -0.2) is 0 Å². The smallest absolute Gasteiger partial charge is 0.234 e. The van der Waals surface area contributed by atoms with Crippen LogP contribution in [0.3, 0.4) is 0 Å². The summed E-state index contributed by atoms with van der Waals surface area (Å²) in [6.07, 6.45) is 1.89. The summed E-state index contributed by atoms with van der Waals surface area (Å²) in [4.78, 5) is 11.3. The lowest BCUT2D eigenvalue weighted by Gasteiger charge is -2.12. The molecule has 0 saturated carbocycles. The standard InChI is InChI=1S/C12H12N2O/c13-8-7-12(15)14-11-6-5-9-3-1-2-4-10(9)11/h1-4,11H,5-7H2,(H,14,15). The molecule has 15 heavy (non-hydrogen) atoms. The van der Waals surface area contributed by atoms with Crippen molar-refractivity contribution < 1.29 is 4.79 Å². The van der Waals surface area contributed by atoms with E-state index in [-0.39, 0.29) is 18.4 Å². The summed E-state index contributed by atoms with van der Waals surface area (Å²) in [5.41, 5.74) is 2.50. The molecule has 3 nitrogen and oxygen atoms in total. The molecule has 0 saturated heterocycles. The van der Waals surface area contributed by atoms with Gasteiger partial charge in [0.25, 0.3) is 0 Å². The number of aryl methyl sites for hydroxylation is 1. The fraction of sp³-hybridized carbons (Fsp3) is 0.333. The Balaban J connectivity index is 2.08. The van der Waals surface area contributed by atoms with E-state index in [4.69, 9.17) is 5.26 Å². The topological polar surface area (TPSA) is 52.9 Å². The van der Waals surface area contributed by atoms with Crippen LogP contribution in [0.5, 0.6) is 0 Å². The van der Waals surface area contributed by atoms with Crippen molar-refractivity contribution in [3.63, 3.8) is 0 Å². The molecule has 0 heterocycles. The Hall–Kier alpha value is -1.82. The van der Waals surface area contributed by atoms with Gasteiger partial charge in [0, 0.05) is 0 Å². The van der Waals surface area contributed by atoms with Crippen LogP contribution in [0.25, 0.3) is 0 Å². The largest absolute Gasteiger partial charge is 0.348 e. The Labute approximate surface area is 88.7 Å². The second kappa shape index (κ2) is 4.14. The third-order valence-electron chi connectivity index (χ3n) is 2.71. The molecule has 76 valence electrons. The Morgan fingerprint density at radius 2 is 2.33 bits per heavy atom. The van der Waals surface area contributed by atoms with E-state index in [1.807, 2.05) is 24.3 Å². The van der Waals surface area contributed by atoms with Crippen molar-refractivity contribution in [2.24, 2.45) is 0 Å². The van der Waals surface area contributed by atoms with Crippen LogP contribution >= 0.6 is 0 Å². The van der Waals surface area contributed by atoms with Gasteiger partial charge < -0.3 is 5.32 Å². The third-order valence-corrected chi connectivity index (χ3v) is 2.71. The summed E-state index contributed by atoms with van der Waals surface area (Å²) in [5.74, 6) is -0.181. The number of hydrogen-bond acceptors (Lipinski definition) is 2. The summed E-state index contributed by atoms with van der Waals surface area (Å²) >= 11 is 0. The average molecular weight is 200 g/mol. The number of benzene rings is 1. The minimum Gasteiger partial charge on any atom is -0.348 e. The van der Waals surface area contributed by atoms with Crippen molar-refractivity contribution in [3.05, 3.63) is 35.4 Å². The molecule has 0 spiro atoms. The normalized spacial score (nSPS) is 17.9. The Morgan fingerprint density at radius 1 is 1.53 bits per heavy atom. The van der Waals surface area contributed by atoms with Gasteiger partial charge in [-0.1, -0.05) is 24.3 Å². The highest BCUT2D eigenvalue weighted by Gasteiger charge is 2.22. The van der Waals surface area contributed by atoms with Gasteiger partial charge in [-0.2, -0.15) is 5.26 Å². The highest BCUT2D eigenvalue weighted by Crippen LogP contribution is 2.30. The predicted molar refractivity (Wildman–Crippen MR) is 55.9 cm³/mol. The Bertz CT molecular complexity index is 420. The molecule has 1 aliphatic rings. The molecule has 1 N–H and O–H groups in total. The van der Waals surface area contributed by atoms with Crippen molar-refractivity contribution in [1.82, 2.24) is 5.32 Å². The summed E-state index contributed by atoms with van der Waals surface area (Å²) < 4.78 is 0. The maximum atomic E-state index is 11.3. The van der Waals surface area contributed by atoms with Gasteiger partial charge in [-0.15, -0.1) is 0 Å². The third kappa shape index (κ3) is 1.99. The lowest BCUT2D eigenvalue weighted by Crippen LogP contribution is -2.26. The molecule has 0 radical (unpaired) electrons. The van der Waals surface area contributed by atoms with Crippen molar-refractivity contribution in [2.75, 3.05) is 0 Å². The fourth-order valence-electron chi connectivity index (χ4n) is 2.02. The summed E-state index contributed by atoms with van der Waals surface area (Å²) in [7, 11) is 0. The van der Waals surface area contributed by atoms with E-state index in [1.54, 1.807) is 0 Å². The Kier molecular flexibility index (Phi) is 2.68. The number of nitrogens with zero attached hydrogens (tertiary/aromatic N) is 1. The second-order valence-electron chi connectivity index (χ2n) is 3.69. The molecular weight excluding hydrogens is 188 g/mol. The molecule has 1 atom stereocenters. The van der Waals surface area contributed by atoms with E-state index in [2.05, 4.69) is 11.4 Å². The lowest BCUT2D eigenvalue weighted by molar-refractivity contribution is -0.120. The highest BCUT2D eigenvalue weighted by molar-refractivity contribution is 5.78. The van der Waals surface area contributed by atoms with Gasteiger partial charge in [0.15, 0.2) is 0 Å². The van der Waals surface area contributed by atoms with Gasteiger partial charge in [-0.05, 0) is 24.0 Å². The zero-order valence-corrected chi connectivity index (χ0v) is 8.36. The van der Waals surface area contributed by atoms with Crippen LogP contribution in [0.15, 0.2) is 24.3 Å². The number of carbonyl (C=O) groups is 1. The molecular formula is C12H12N2O. The summed E-state index contributed by atoms with van der Waals surface area (Å²) in [5, 5.41) is 11.3. The van der Waals surface area contributed by atoms with E-state index >= 15 is 0 Å². The molecule has 0 aliphatic heterocycles. The van der Waals surface area contributed by atoms with Crippen molar-refractivity contribution in [2.45, 2.75) is 25.3 Å². The molecule has 2 rings (SSSR count). The van der Waals surface area contributed by atoms with Crippen molar-refractivity contribution in [3.8, 4) is 6.07 Å². The van der Waals surface area contributed by atoms with E-state index in [1.165, 1.54) is 11.1 Å². The first-order valence-corrected chi connectivity index (χ1v) is 5.05. The monoisotopic (exact) mass is 200 g/mol. The first-order valence-electron chi connectivity index (χ1n) is 5.05. The fourth-order valence-corrected chi connectivity index (χ4v) is 2.02. The van der Waals surface area contributed by atoms with Gasteiger partial charge in [0.2, 0.25) is 5.91 Å². The van der Waals surface area contributed by atoms with Gasteiger partial charge in [0.05, 0.1) is 12.1 Å². The summed E-state index contributed by atoms with van der Waals surface area (Å²) in [6.45, 7) is 0. The van der Waals surface area contributed by atoms with E-state index in [0.29, 0.717) is 0 Å². The summed E-state index contributed by atoms with van der Waals surface area (Å²) in [6, 6.07) is 10.1. The molecule has 0 aromatic heterocycles. The van der Waals surface area contributed by atoms with E-state index < -0.39 is 0 Å². The molecule has 1 unspecified atom stereocenters. The van der Waals surface area contributed by atoms with Gasteiger partial charge >= 0.3 is 0 Å². The highest BCUT2D eigenvalue weighted by atomic mass is 16.1. The first-order chi connectivity index (χ1) is 7.31. The molecule has 1 aliphatic carbocycles. The van der Waals surface area contributed by atoms with Crippen LogP contribution in [0, 0.1) is 11.3 Å². The van der Waals surface area contributed by atoms with Crippen LogP contribution in [-0.4, -0.2) is 5.91 Å². The SMILES string of the molecule is N#CCC(=O)NC1CCc2ccccc21. The first kappa shape index (κ1) is 9.72. The molecule has 3 heteroatoms. The maximum Gasteiger partial charge on any atom is 0.234 e. The Morgan fingerprint density at radius 3 is 3.13 bits per heavy atom. The number of carbonyl (C=O) groups excluding carboxylic acids is 1. The minimum absolute atomic E-state index is 0.0569. The average Bonchev–Trinajstić information content (AvgIpc) is 2.62. The minimum atomic E-state index is -0.181. The van der Waals surface area contributed by atoms with Crippen LogP contribution < -0.4 is 5.32 Å². The number of amides is 1. The number of nitriles is 1. The zero-order chi connectivity index (χ0) is 10.7. The van der Waals surface area contributed by atoms with Crippen LogP contribution in [0.4, 0.5) is 0 Å². The number of hydrogen-bond donors (Lipinski definition) is 1. The number of nitrogens with one attached hydrogen (secondary N) is 1. The molecule has 0 fully saturated rings. The van der Waals surface area contributed by atoms with Crippen molar-refractivity contribution in [1.29, 1.82) is 5.26 Å². The van der Waals surface area contributed by atoms with Crippen LogP contribution in [0.2, 0.25) is 0 Å². The van der Waals surface area contributed by atoms with Crippen LogP contribution in [0.1, 0.15) is 30.0 Å². The van der Waals surface area contributed by atoms with Gasteiger partial charge in [0.1, 0.15) is 6.42 Å². The van der Waals surface area contributed by atoms with E-state index in [0.717, 1.165) is 12.8 Å². The quantitative estimate of drug-likeness (QED) is 0.790. The second-order valence-corrected chi connectivity index (χ2v) is 3.69. The van der Waals surface area contributed by atoms with Crippen LogP contribution in [-0.2, 0) is 11.2 Å².